The molecule has 2 amide bonds. The lowest BCUT2D eigenvalue weighted by molar-refractivity contribution is 0.0946. The summed E-state index contributed by atoms with van der Waals surface area (Å²) in [5, 5.41) is 5.73. The number of hydrogen-bond donors (Lipinski definition) is 2. The largest absolute Gasteiger partial charge is 0.348 e. The van der Waals surface area contributed by atoms with Crippen LogP contribution in [0.2, 0.25) is 0 Å². The van der Waals surface area contributed by atoms with Crippen LogP contribution in [-0.2, 0) is 13.1 Å². The molecule has 5 heteroatoms. The first-order valence-electron chi connectivity index (χ1n) is 9.15. The lowest BCUT2D eigenvalue weighted by Crippen LogP contribution is -2.26. The average molecular weight is 373 g/mol. The number of pyridine rings is 1. The highest BCUT2D eigenvalue weighted by Gasteiger charge is 2.12. The second-order valence-electron chi connectivity index (χ2n) is 6.71. The Bertz CT molecular complexity index is 998. The van der Waals surface area contributed by atoms with Crippen LogP contribution in [-0.4, -0.2) is 16.8 Å². The summed E-state index contributed by atoms with van der Waals surface area (Å²) in [6.07, 6.45) is 1.48. The lowest BCUT2D eigenvalue weighted by atomic mass is 10.1. The normalized spacial score (nSPS) is 10.4. The number of nitrogens with one attached hydrogen (secondary N) is 2. The summed E-state index contributed by atoms with van der Waals surface area (Å²) < 4.78 is 0. The van der Waals surface area contributed by atoms with Gasteiger partial charge in [-0.25, -0.2) is 0 Å². The zero-order chi connectivity index (χ0) is 19.9. The highest BCUT2D eigenvalue weighted by molar-refractivity contribution is 5.98. The van der Waals surface area contributed by atoms with Crippen LogP contribution in [0.3, 0.4) is 0 Å². The summed E-state index contributed by atoms with van der Waals surface area (Å²) in [7, 11) is 0. The topological polar surface area (TPSA) is 71.1 Å². The predicted octanol–water partition coefficient (Wildman–Crippen LogP) is 3.56. The molecule has 3 aromatic rings. The maximum atomic E-state index is 12.5. The number of benzene rings is 2. The summed E-state index contributed by atoms with van der Waals surface area (Å²) in [6, 6.07) is 18.9. The number of aromatic nitrogens is 1. The molecule has 0 aliphatic heterocycles. The summed E-state index contributed by atoms with van der Waals surface area (Å²) in [5.74, 6) is -0.548. The highest BCUT2D eigenvalue weighted by atomic mass is 16.2. The van der Waals surface area contributed by atoms with Gasteiger partial charge in [-0.2, -0.15) is 0 Å². The minimum absolute atomic E-state index is 0.219. The van der Waals surface area contributed by atoms with Gasteiger partial charge in [-0.3, -0.25) is 14.6 Å². The molecule has 0 radical (unpaired) electrons. The summed E-state index contributed by atoms with van der Waals surface area (Å²) in [5.41, 5.74) is 4.95. The Hall–Kier alpha value is -3.47. The molecule has 0 saturated heterocycles. The number of amides is 2. The van der Waals surface area contributed by atoms with E-state index >= 15 is 0 Å². The van der Waals surface area contributed by atoms with Crippen molar-refractivity contribution in [2.24, 2.45) is 0 Å². The van der Waals surface area contributed by atoms with Gasteiger partial charge in [0, 0.05) is 24.8 Å². The van der Waals surface area contributed by atoms with Crippen LogP contribution < -0.4 is 10.6 Å². The highest BCUT2D eigenvalue weighted by Crippen LogP contribution is 2.08. The van der Waals surface area contributed by atoms with Crippen molar-refractivity contribution in [2.75, 3.05) is 0 Å². The Balaban J connectivity index is 1.61. The van der Waals surface area contributed by atoms with Crippen molar-refractivity contribution in [1.82, 2.24) is 15.6 Å². The van der Waals surface area contributed by atoms with Gasteiger partial charge in [0.2, 0.25) is 0 Å². The molecule has 0 aliphatic rings. The summed E-state index contributed by atoms with van der Waals surface area (Å²) in [6.45, 7) is 4.85. The van der Waals surface area contributed by atoms with Crippen LogP contribution in [0.1, 0.15) is 43.1 Å². The van der Waals surface area contributed by atoms with Crippen molar-refractivity contribution in [3.8, 4) is 0 Å². The molecule has 5 nitrogen and oxygen atoms in total. The number of carbonyl (C=O) groups excluding carboxylic acids is 2. The Labute approximate surface area is 164 Å². The zero-order valence-corrected chi connectivity index (χ0v) is 16.0. The van der Waals surface area contributed by atoms with E-state index in [1.54, 1.807) is 6.07 Å². The molecule has 1 heterocycles. The number of rotatable bonds is 6. The number of carbonyl (C=O) groups is 2. The number of aryl methyl sites for hydroxylation is 2. The molecule has 2 N–H and O–H groups in total. The molecule has 1 aromatic heterocycles. The maximum Gasteiger partial charge on any atom is 0.270 e. The molecule has 28 heavy (non-hydrogen) atoms. The number of hydrogen-bond acceptors (Lipinski definition) is 3. The third-order valence-electron chi connectivity index (χ3n) is 4.49. The van der Waals surface area contributed by atoms with Crippen molar-refractivity contribution in [1.29, 1.82) is 0 Å². The first kappa shape index (κ1) is 19.3. The third-order valence-corrected chi connectivity index (χ3v) is 4.49. The number of nitrogens with zero attached hydrogens (tertiary/aromatic N) is 1. The fourth-order valence-corrected chi connectivity index (χ4v) is 2.88. The minimum Gasteiger partial charge on any atom is -0.348 e. The van der Waals surface area contributed by atoms with Gasteiger partial charge in [-0.1, -0.05) is 54.1 Å². The van der Waals surface area contributed by atoms with Crippen molar-refractivity contribution >= 4 is 11.8 Å². The van der Waals surface area contributed by atoms with Gasteiger partial charge in [0.25, 0.3) is 11.8 Å². The first-order valence-corrected chi connectivity index (χ1v) is 9.15. The van der Waals surface area contributed by atoms with Crippen molar-refractivity contribution < 1.29 is 9.59 Å². The van der Waals surface area contributed by atoms with Crippen LogP contribution in [0.4, 0.5) is 0 Å². The molecule has 142 valence electrons. The van der Waals surface area contributed by atoms with E-state index in [2.05, 4.69) is 15.6 Å². The average Bonchev–Trinajstić information content (AvgIpc) is 2.71. The van der Waals surface area contributed by atoms with E-state index in [4.69, 9.17) is 0 Å². The SMILES string of the molecule is Cc1cccc(CNC(=O)c2cc(C(=O)NCc3ccccc3C)ccn2)c1. The van der Waals surface area contributed by atoms with Gasteiger partial charge in [0.05, 0.1) is 0 Å². The van der Waals surface area contributed by atoms with Crippen molar-refractivity contribution in [2.45, 2.75) is 26.9 Å². The van der Waals surface area contributed by atoms with Crippen molar-refractivity contribution in [3.05, 3.63) is 100 Å². The van der Waals surface area contributed by atoms with E-state index in [1.165, 1.54) is 12.3 Å². The fourth-order valence-electron chi connectivity index (χ4n) is 2.88. The Kier molecular flexibility index (Phi) is 6.17. The smallest absolute Gasteiger partial charge is 0.270 e. The maximum absolute atomic E-state index is 12.5. The molecular formula is C23H23N3O2. The standard InChI is InChI=1S/C23H23N3O2/c1-16-6-5-8-18(12-16)14-25-23(28)21-13-19(10-11-24-21)22(27)26-15-20-9-4-3-7-17(20)2/h3-13H,14-15H2,1-2H3,(H,25,28)(H,26,27). The van der Waals surface area contributed by atoms with E-state index in [9.17, 15) is 9.59 Å². The van der Waals surface area contributed by atoms with E-state index in [-0.39, 0.29) is 17.5 Å². The molecule has 0 unspecified atom stereocenters. The van der Waals surface area contributed by atoms with Crippen LogP contribution in [0.15, 0.2) is 66.9 Å². The third kappa shape index (κ3) is 5.04. The van der Waals surface area contributed by atoms with Crippen LogP contribution in [0.5, 0.6) is 0 Å². The van der Waals surface area contributed by atoms with Gasteiger partial charge in [-0.05, 0) is 42.7 Å². The van der Waals surface area contributed by atoms with Gasteiger partial charge in [-0.15, -0.1) is 0 Å². The van der Waals surface area contributed by atoms with Gasteiger partial charge >= 0.3 is 0 Å². The molecule has 0 atom stereocenters. The monoisotopic (exact) mass is 373 g/mol. The Morgan fingerprint density at radius 3 is 2.43 bits per heavy atom. The fraction of sp³-hybridized carbons (Fsp3) is 0.174. The minimum atomic E-state index is -0.310. The quantitative estimate of drug-likeness (QED) is 0.694. The van der Waals surface area contributed by atoms with Crippen molar-refractivity contribution in [3.63, 3.8) is 0 Å². The Morgan fingerprint density at radius 1 is 0.857 bits per heavy atom. The molecule has 3 rings (SSSR count). The van der Waals surface area contributed by atoms with Gasteiger partial charge in [0.1, 0.15) is 5.69 Å². The molecule has 0 aliphatic carbocycles. The van der Waals surface area contributed by atoms with E-state index < -0.39 is 0 Å². The van der Waals surface area contributed by atoms with E-state index in [1.807, 2.05) is 62.4 Å². The lowest BCUT2D eigenvalue weighted by Gasteiger charge is -2.09. The molecular weight excluding hydrogens is 350 g/mol. The zero-order valence-electron chi connectivity index (χ0n) is 16.0. The van der Waals surface area contributed by atoms with E-state index in [0.29, 0.717) is 18.7 Å². The van der Waals surface area contributed by atoms with Gasteiger partial charge in [0.15, 0.2) is 0 Å². The van der Waals surface area contributed by atoms with E-state index in [0.717, 1.165) is 22.3 Å². The second-order valence-corrected chi connectivity index (χ2v) is 6.71. The van der Waals surface area contributed by atoms with Gasteiger partial charge < -0.3 is 10.6 Å². The molecule has 0 bridgehead atoms. The van der Waals surface area contributed by atoms with Crippen LogP contribution in [0.25, 0.3) is 0 Å². The van der Waals surface area contributed by atoms with Crippen LogP contribution >= 0.6 is 0 Å². The molecule has 0 fully saturated rings. The molecule has 0 spiro atoms. The Morgan fingerprint density at radius 2 is 1.64 bits per heavy atom. The first-order chi connectivity index (χ1) is 13.5. The molecule has 2 aromatic carbocycles. The second kappa shape index (κ2) is 8.95. The van der Waals surface area contributed by atoms with Crippen LogP contribution in [0, 0.1) is 13.8 Å². The molecule has 0 saturated carbocycles. The summed E-state index contributed by atoms with van der Waals surface area (Å²) >= 11 is 0. The summed E-state index contributed by atoms with van der Waals surface area (Å²) in [4.78, 5) is 28.9. The predicted molar refractivity (Wildman–Crippen MR) is 109 cm³/mol.